The first-order valence-electron chi connectivity index (χ1n) is 4.15. The van der Waals surface area contributed by atoms with Gasteiger partial charge in [0.25, 0.3) is 0 Å². The van der Waals surface area contributed by atoms with Crippen molar-refractivity contribution in [1.29, 1.82) is 0 Å². The zero-order chi connectivity index (χ0) is 10.7. The summed E-state index contributed by atoms with van der Waals surface area (Å²) in [6.45, 7) is 0. The summed E-state index contributed by atoms with van der Waals surface area (Å²) in [7, 11) is 0. The molecule has 76 valence electrons. The van der Waals surface area contributed by atoms with Gasteiger partial charge in [-0.1, -0.05) is 44.0 Å². The fourth-order valence-corrected chi connectivity index (χ4v) is 2.47. The molecule has 0 N–H and O–H groups in total. The zero-order valence-electron chi connectivity index (χ0n) is 7.52. The number of hydrogen-bond acceptors (Lipinski definition) is 3. The molecule has 0 aliphatic heterocycles. The molecule has 0 fully saturated rings. The molecule has 0 saturated heterocycles. The molecule has 1 heterocycles. The molecule has 2 aromatic rings. The number of halogens is 2. The van der Waals surface area contributed by atoms with Crippen molar-refractivity contribution in [3.05, 3.63) is 33.2 Å². The maximum atomic E-state index is 4.29. The first kappa shape index (κ1) is 11.0. The molecule has 0 radical (unpaired) electrons. The highest BCUT2D eigenvalue weighted by Crippen LogP contribution is 2.23. The van der Waals surface area contributed by atoms with E-state index in [1.807, 2.05) is 34.3 Å². The Morgan fingerprint density at radius 3 is 1.80 bits per heavy atom. The van der Waals surface area contributed by atoms with Gasteiger partial charge in [0.1, 0.15) is 11.0 Å². The van der Waals surface area contributed by atoms with E-state index in [-0.39, 0.29) is 0 Å². The smallest absolute Gasteiger partial charge is 0.112 e. The van der Waals surface area contributed by atoms with Crippen molar-refractivity contribution in [2.24, 2.45) is 0 Å². The molecule has 2 rings (SSSR count). The van der Waals surface area contributed by atoms with E-state index in [4.69, 9.17) is 0 Å². The van der Waals surface area contributed by atoms with Crippen molar-refractivity contribution < 1.29 is 0 Å². The van der Waals surface area contributed by atoms with Crippen LogP contribution >= 0.6 is 43.6 Å². The summed E-state index contributed by atoms with van der Waals surface area (Å²) in [5.41, 5.74) is 4.03. The largest absolute Gasteiger partial charge is 0.172 e. The van der Waals surface area contributed by atoms with Crippen LogP contribution in [0.2, 0.25) is 0 Å². The van der Waals surface area contributed by atoms with E-state index >= 15 is 0 Å². The van der Waals surface area contributed by atoms with E-state index in [1.165, 1.54) is 11.7 Å². The van der Waals surface area contributed by atoms with Crippen LogP contribution in [0.15, 0.2) is 22.1 Å². The molecule has 0 saturated carbocycles. The minimum absolute atomic E-state index is 0.943. The second kappa shape index (κ2) is 5.01. The van der Waals surface area contributed by atoms with Gasteiger partial charge < -0.3 is 0 Å². The fraction of sp³-hybridized carbons (Fsp3) is 0. The second-order valence-corrected chi connectivity index (χ2v) is 4.38. The molecule has 0 aliphatic rings. The Hall–Kier alpha value is -0.520. The predicted molar refractivity (Wildman–Crippen MR) is 73.3 cm³/mol. The third kappa shape index (κ3) is 2.19. The van der Waals surface area contributed by atoms with Crippen molar-refractivity contribution in [3.8, 4) is 0 Å². The molecule has 15 heavy (non-hydrogen) atoms. The monoisotopic (exact) mass is 344 g/mol. The second-order valence-electron chi connectivity index (χ2n) is 2.79. The molecule has 1 aromatic heterocycles. The lowest BCUT2D eigenvalue weighted by Crippen LogP contribution is -1.81. The highest BCUT2D eigenvalue weighted by Gasteiger charge is 2.06. The van der Waals surface area contributed by atoms with Gasteiger partial charge in [-0.3, -0.25) is 0 Å². The molecule has 1 aromatic carbocycles. The van der Waals surface area contributed by atoms with Crippen molar-refractivity contribution in [2.75, 3.05) is 0 Å². The fourth-order valence-electron chi connectivity index (χ4n) is 1.31. The third-order valence-corrected chi connectivity index (χ3v) is 3.02. The predicted octanol–water partition coefficient (Wildman–Crippen LogP) is 4.42. The minimum atomic E-state index is 0.943. The molecule has 0 amide bonds. The van der Waals surface area contributed by atoms with Gasteiger partial charge in [0.15, 0.2) is 0 Å². The van der Waals surface area contributed by atoms with Gasteiger partial charge in [-0.05, 0) is 22.1 Å². The quantitative estimate of drug-likeness (QED) is 0.805. The molecule has 0 spiro atoms. The first-order valence-corrected chi connectivity index (χ1v) is 6.72. The van der Waals surface area contributed by atoms with E-state index in [2.05, 4.69) is 40.6 Å². The number of benzene rings is 1. The summed E-state index contributed by atoms with van der Waals surface area (Å²) in [4.78, 5) is 3.64. The number of rotatable bonds is 2. The Balaban J connectivity index is 2.70. The van der Waals surface area contributed by atoms with E-state index in [0.29, 0.717) is 0 Å². The number of nitrogens with zero attached hydrogens (tertiary/aromatic N) is 2. The molecule has 2 nitrogen and oxygen atoms in total. The maximum Gasteiger partial charge on any atom is 0.112 e. The normalized spacial score (nSPS) is 12.1. The highest BCUT2D eigenvalue weighted by atomic mass is 79.9. The van der Waals surface area contributed by atoms with Gasteiger partial charge in [-0.25, -0.2) is 0 Å². The Morgan fingerprint density at radius 1 is 0.933 bits per heavy atom. The Kier molecular flexibility index (Phi) is 3.66. The zero-order valence-corrected chi connectivity index (χ0v) is 11.5. The molecular weight excluding hydrogens is 340 g/mol. The van der Waals surface area contributed by atoms with Crippen LogP contribution < -0.4 is 0 Å². The molecule has 0 atom stereocenters. The van der Waals surface area contributed by atoms with E-state index in [0.717, 1.165) is 22.2 Å². The minimum Gasteiger partial charge on any atom is -0.172 e. The number of hydrogen-bond donors (Lipinski definition) is 0. The summed E-state index contributed by atoms with van der Waals surface area (Å²) in [6, 6.07) is 4.06. The van der Waals surface area contributed by atoms with Gasteiger partial charge in [0, 0.05) is 11.1 Å². The van der Waals surface area contributed by atoms with Crippen molar-refractivity contribution in [1.82, 2.24) is 8.75 Å². The Morgan fingerprint density at radius 2 is 1.40 bits per heavy atom. The van der Waals surface area contributed by atoms with Gasteiger partial charge >= 0.3 is 0 Å². The van der Waals surface area contributed by atoms with Crippen LogP contribution in [0.25, 0.3) is 23.2 Å². The summed E-state index contributed by atoms with van der Waals surface area (Å²) >= 11 is 7.76. The van der Waals surface area contributed by atoms with Crippen LogP contribution in [0, 0.1) is 0 Å². The van der Waals surface area contributed by atoms with E-state index in [9.17, 15) is 0 Å². The lowest BCUT2D eigenvalue weighted by atomic mass is 10.1. The first-order chi connectivity index (χ1) is 7.36. The average Bonchev–Trinajstić information content (AvgIpc) is 2.71. The van der Waals surface area contributed by atoms with E-state index < -0.39 is 0 Å². The van der Waals surface area contributed by atoms with Gasteiger partial charge in [0.05, 0.1) is 11.7 Å². The van der Waals surface area contributed by atoms with Crippen molar-refractivity contribution >= 4 is 66.8 Å². The summed E-state index contributed by atoms with van der Waals surface area (Å²) in [5.74, 6) is 0. The van der Waals surface area contributed by atoms with Crippen LogP contribution in [0.5, 0.6) is 0 Å². The van der Waals surface area contributed by atoms with Crippen molar-refractivity contribution in [2.45, 2.75) is 0 Å². The molecule has 0 bridgehead atoms. The molecular formula is C10H6Br2N2S. The van der Waals surface area contributed by atoms with Crippen LogP contribution in [0.4, 0.5) is 0 Å². The standard InChI is InChI=1S/C10H6Br2N2S/c11-5-3-7-1-2-8(4-6-12)10-9(7)13-15-14-10/h1-6H/b5-3+,6-4+. The molecule has 5 heteroatoms. The maximum absolute atomic E-state index is 4.29. The van der Waals surface area contributed by atoms with Gasteiger partial charge in [-0.2, -0.15) is 8.75 Å². The van der Waals surface area contributed by atoms with Crippen LogP contribution in [-0.4, -0.2) is 8.75 Å². The number of fused-ring (bicyclic) bond motifs is 1. The van der Waals surface area contributed by atoms with Crippen LogP contribution in [-0.2, 0) is 0 Å². The van der Waals surface area contributed by atoms with Crippen LogP contribution in [0.3, 0.4) is 0 Å². The lowest BCUT2D eigenvalue weighted by molar-refractivity contribution is 1.59. The van der Waals surface area contributed by atoms with Crippen LogP contribution in [0.1, 0.15) is 11.1 Å². The number of aromatic nitrogens is 2. The highest BCUT2D eigenvalue weighted by molar-refractivity contribution is 9.11. The summed E-state index contributed by atoms with van der Waals surface area (Å²) in [5, 5.41) is 0. The molecule has 0 unspecified atom stereocenters. The Bertz CT molecular complexity index is 485. The third-order valence-electron chi connectivity index (χ3n) is 1.96. The topological polar surface area (TPSA) is 25.8 Å². The van der Waals surface area contributed by atoms with Gasteiger partial charge in [0.2, 0.25) is 0 Å². The van der Waals surface area contributed by atoms with Crippen molar-refractivity contribution in [3.63, 3.8) is 0 Å². The van der Waals surface area contributed by atoms with E-state index in [1.54, 1.807) is 0 Å². The molecule has 0 aliphatic carbocycles. The summed E-state index contributed by atoms with van der Waals surface area (Å²) in [6.07, 6.45) is 3.93. The lowest BCUT2D eigenvalue weighted by Gasteiger charge is -1.97. The van der Waals surface area contributed by atoms with Gasteiger partial charge in [-0.15, -0.1) is 0 Å². The SMILES string of the molecule is Br/C=C/c1ccc(/C=C/Br)c2nsnc12. The Labute approximate surface area is 108 Å². The summed E-state index contributed by atoms with van der Waals surface area (Å²) < 4.78 is 8.58. The average molecular weight is 346 g/mol.